The van der Waals surface area contributed by atoms with Gasteiger partial charge >= 0.3 is 0 Å². The van der Waals surface area contributed by atoms with Gasteiger partial charge in [0.2, 0.25) is 0 Å². The van der Waals surface area contributed by atoms with Crippen molar-refractivity contribution in [1.29, 1.82) is 0 Å². The van der Waals surface area contributed by atoms with Crippen LogP contribution in [0.5, 0.6) is 5.75 Å². The van der Waals surface area contributed by atoms with E-state index in [9.17, 15) is 20.0 Å². The first-order valence-electron chi connectivity index (χ1n) is 6.16. The molecule has 1 N–H and O–H groups in total. The van der Waals surface area contributed by atoms with Crippen molar-refractivity contribution >= 4 is 11.6 Å². The first-order valence-corrected chi connectivity index (χ1v) is 6.16. The van der Waals surface area contributed by atoms with Crippen LogP contribution in [0.2, 0.25) is 0 Å². The molecule has 0 aliphatic heterocycles. The van der Waals surface area contributed by atoms with Crippen molar-refractivity contribution in [3.63, 3.8) is 0 Å². The number of hydrogen-bond acceptors (Lipinski definition) is 4. The molecule has 0 aliphatic carbocycles. The number of hydrogen-bond donors (Lipinski definition) is 1. The molecule has 0 heterocycles. The number of nitro groups is 1. The summed E-state index contributed by atoms with van der Waals surface area (Å²) in [6, 6.07) is 3.43. The molecule has 0 aliphatic rings. The Morgan fingerprint density at radius 1 is 1.47 bits per heavy atom. The average Bonchev–Trinajstić information content (AvgIpc) is 2.34. The van der Waals surface area contributed by atoms with Gasteiger partial charge in [-0.15, -0.1) is 0 Å². The van der Waals surface area contributed by atoms with E-state index in [0.717, 1.165) is 18.6 Å². The van der Waals surface area contributed by atoms with Crippen LogP contribution >= 0.6 is 0 Å². The smallest absolute Gasteiger partial charge is 0.282 e. The molecule has 0 radical (unpaired) electrons. The van der Waals surface area contributed by atoms with Gasteiger partial charge in [-0.25, -0.2) is 0 Å². The summed E-state index contributed by atoms with van der Waals surface area (Å²) in [6.45, 7) is 6.15. The van der Waals surface area contributed by atoms with Crippen LogP contribution in [0.15, 0.2) is 18.2 Å². The molecule has 0 fully saturated rings. The van der Waals surface area contributed by atoms with Crippen LogP contribution in [0, 0.1) is 10.1 Å². The summed E-state index contributed by atoms with van der Waals surface area (Å²) in [5.41, 5.74) is -0.364. The van der Waals surface area contributed by atoms with Gasteiger partial charge in [0, 0.05) is 18.7 Å². The molecule has 6 heteroatoms. The van der Waals surface area contributed by atoms with Crippen molar-refractivity contribution < 1.29 is 14.8 Å². The minimum Gasteiger partial charge on any atom is -0.508 e. The Morgan fingerprint density at radius 3 is 2.58 bits per heavy atom. The van der Waals surface area contributed by atoms with Gasteiger partial charge < -0.3 is 10.0 Å². The summed E-state index contributed by atoms with van der Waals surface area (Å²) in [7, 11) is 0. The van der Waals surface area contributed by atoms with Crippen LogP contribution in [-0.4, -0.2) is 33.4 Å². The molecule has 0 atom stereocenters. The quantitative estimate of drug-likeness (QED) is 0.655. The fourth-order valence-electron chi connectivity index (χ4n) is 1.84. The molecule has 1 rings (SSSR count). The summed E-state index contributed by atoms with van der Waals surface area (Å²) >= 11 is 0. The number of amides is 1. The van der Waals surface area contributed by atoms with Crippen molar-refractivity contribution in [2.75, 3.05) is 6.54 Å². The highest BCUT2D eigenvalue weighted by atomic mass is 16.6. The number of phenolic OH excluding ortho intramolecular Hbond substituents is 1. The zero-order valence-electron chi connectivity index (χ0n) is 11.3. The molecular weight excluding hydrogens is 248 g/mol. The van der Waals surface area contributed by atoms with E-state index in [-0.39, 0.29) is 23.0 Å². The fraction of sp³-hybridized carbons (Fsp3) is 0.462. The first kappa shape index (κ1) is 14.9. The van der Waals surface area contributed by atoms with Gasteiger partial charge in [0.1, 0.15) is 11.3 Å². The second kappa shape index (κ2) is 6.17. The number of aromatic hydroxyl groups is 1. The van der Waals surface area contributed by atoms with E-state index in [1.165, 1.54) is 6.07 Å². The van der Waals surface area contributed by atoms with Crippen molar-refractivity contribution in [3.05, 3.63) is 33.9 Å². The third kappa shape index (κ3) is 3.43. The van der Waals surface area contributed by atoms with E-state index >= 15 is 0 Å². The fourth-order valence-corrected chi connectivity index (χ4v) is 1.84. The second-order valence-electron chi connectivity index (χ2n) is 4.55. The van der Waals surface area contributed by atoms with Crippen LogP contribution < -0.4 is 0 Å². The molecule has 0 saturated carbocycles. The predicted octanol–water partition coefficient (Wildman–Crippen LogP) is 2.56. The first-order chi connectivity index (χ1) is 8.88. The highest BCUT2D eigenvalue weighted by molar-refractivity contribution is 5.98. The van der Waals surface area contributed by atoms with Crippen molar-refractivity contribution in [2.45, 2.75) is 33.2 Å². The van der Waals surface area contributed by atoms with Crippen LogP contribution in [0.4, 0.5) is 5.69 Å². The van der Waals surface area contributed by atoms with E-state index in [1.807, 2.05) is 20.8 Å². The second-order valence-corrected chi connectivity index (χ2v) is 4.55. The lowest BCUT2D eigenvalue weighted by atomic mass is 10.1. The highest BCUT2D eigenvalue weighted by Gasteiger charge is 2.26. The van der Waals surface area contributed by atoms with Crippen molar-refractivity contribution in [3.8, 4) is 5.75 Å². The van der Waals surface area contributed by atoms with Crippen LogP contribution in [0.3, 0.4) is 0 Å². The van der Waals surface area contributed by atoms with Gasteiger partial charge in [-0.2, -0.15) is 0 Å². The molecule has 0 aromatic heterocycles. The molecule has 0 unspecified atom stereocenters. The van der Waals surface area contributed by atoms with Gasteiger partial charge in [0.05, 0.1) is 4.92 Å². The van der Waals surface area contributed by atoms with E-state index in [1.54, 1.807) is 4.90 Å². The predicted molar refractivity (Wildman–Crippen MR) is 71.2 cm³/mol. The molecule has 1 aromatic rings. The largest absolute Gasteiger partial charge is 0.508 e. The van der Waals surface area contributed by atoms with Gasteiger partial charge in [0.15, 0.2) is 0 Å². The highest BCUT2D eigenvalue weighted by Crippen LogP contribution is 2.25. The standard InChI is InChI=1S/C13H18N2O4/c1-4-7-14(9(2)3)13(17)11-8-10(16)5-6-12(11)15(18)19/h5-6,8-9,16H,4,7H2,1-3H3. The van der Waals surface area contributed by atoms with Crippen LogP contribution in [0.25, 0.3) is 0 Å². The monoisotopic (exact) mass is 266 g/mol. The van der Waals surface area contributed by atoms with Crippen LogP contribution in [0.1, 0.15) is 37.6 Å². The summed E-state index contributed by atoms with van der Waals surface area (Å²) in [6.07, 6.45) is 0.760. The number of rotatable bonds is 5. The Kier molecular flexibility index (Phi) is 4.86. The maximum absolute atomic E-state index is 12.4. The maximum Gasteiger partial charge on any atom is 0.282 e. The summed E-state index contributed by atoms with van der Waals surface area (Å²) in [4.78, 5) is 24.2. The van der Waals surface area contributed by atoms with Crippen molar-refractivity contribution in [2.24, 2.45) is 0 Å². The molecule has 1 aromatic carbocycles. The lowest BCUT2D eigenvalue weighted by molar-refractivity contribution is -0.385. The lowest BCUT2D eigenvalue weighted by Gasteiger charge is -2.26. The maximum atomic E-state index is 12.4. The Morgan fingerprint density at radius 2 is 2.11 bits per heavy atom. The Balaban J connectivity index is 3.23. The number of carbonyl (C=O) groups excluding carboxylic acids is 1. The number of phenols is 1. The molecule has 0 bridgehead atoms. The minimum atomic E-state index is -0.614. The Hall–Kier alpha value is -2.11. The molecule has 6 nitrogen and oxygen atoms in total. The third-order valence-corrected chi connectivity index (χ3v) is 2.76. The van der Waals surface area contributed by atoms with Gasteiger partial charge in [-0.05, 0) is 32.4 Å². The summed E-state index contributed by atoms with van der Waals surface area (Å²) in [5, 5.41) is 20.4. The van der Waals surface area contributed by atoms with Gasteiger partial charge in [0.25, 0.3) is 11.6 Å². The topological polar surface area (TPSA) is 83.7 Å². The molecule has 0 saturated heterocycles. The van der Waals surface area contributed by atoms with Crippen molar-refractivity contribution in [1.82, 2.24) is 4.90 Å². The normalized spacial score (nSPS) is 10.5. The Labute approximate surface area is 111 Å². The van der Waals surface area contributed by atoms with E-state index < -0.39 is 10.8 Å². The number of carbonyl (C=O) groups is 1. The molecule has 0 spiro atoms. The SMILES string of the molecule is CCCN(C(=O)c1cc(O)ccc1[N+](=O)[O-])C(C)C. The zero-order valence-corrected chi connectivity index (χ0v) is 11.3. The number of nitro benzene ring substituents is 1. The summed E-state index contributed by atoms with van der Waals surface area (Å²) in [5.74, 6) is -0.589. The molecular formula is C13H18N2O4. The zero-order chi connectivity index (χ0) is 14.6. The number of benzene rings is 1. The Bertz CT molecular complexity index is 486. The molecule has 1 amide bonds. The van der Waals surface area contributed by atoms with E-state index in [0.29, 0.717) is 6.54 Å². The van der Waals surface area contributed by atoms with Crippen LogP contribution in [-0.2, 0) is 0 Å². The summed E-state index contributed by atoms with van der Waals surface area (Å²) < 4.78 is 0. The average molecular weight is 266 g/mol. The number of nitrogens with zero attached hydrogens (tertiary/aromatic N) is 2. The van der Waals surface area contributed by atoms with E-state index in [4.69, 9.17) is 0 Å². The van der Waals surface area contributed by atoms with E-state index in [2.05, 4.69) is 0 Å². The lowest BCUT2D eigenvalue weighted by Crippen LogP contribution is -2.37. The van der Waals surface area contributed by atoms with Gasteiger partial charge in [-0.1, -0.05) is 6.92 Å². The third-order valence-electron chi connectivity index (χ3n) is 2.76. The molecule has 104 valence electrons. The van der Waals surface area contributed by atoms with Gasteiger partial charge in [-0.3, -0.25) is 14.9 Å². The minimum absolute atomic E-state index is 0.0607. The molecule has 19 heavy (non-hydrogen) atoms.